The van der Waals surface area contributed by atoms with E-state index in [1.165, 1.54) is 0 Å². The molecule has 0 N–H and O–H groups in total. The van der Waals surface area contributed by atoms with Gasteiger partial charge in [0.1, 0.15) is 18.0 Å². The monoisotopic (exact) mass is 619 g/mol. The molecule has 0 radical (unpaired) electrons. The number of ether oxygens (including phenoxy) is 3. The molecular formula is C37H41N5O4. The highest BCUT2D eigenvalue weighted by Gasteiger charge is 2.27. The van der Waals surface area contributed by atoms with Crippen LogP contribution >= 0.6 is 0 Å². The normalized spacial score (nSPS) is 17.7. The lowest BCUT2D eigenvalue weighted by Crippen LogP contribution is -2.35. The summed E-state index contributed by atoms with van der Waals surface area (Å²) in [7, 11) is 0. The smallest absolute Gasteiger partial charge is 0.338 e. The zero-order chi connectivity index (χ0) is 31.7. The van der Waals surface area contributed by atoms with E-state index in [-0.39, 0.29) is 12.1 Å². The Hall–Kier alpha value is -4.34. The highest BCUT2D eigenvalue weighted by atomic mass is 16.6. The van der Waals surface area contributed by atoms with Crippen molar-refractivity contribution in [2.45, 2.75) is 77.4 Å². The van der Waals surface area contributed by atoms with Gasteiger partial charge in [-0.3, -0.25) is 9.88 Å². The molecule has 5 heterocycles. The molecule has 0 bridgehead atoms. The molecule has 9 nitrogen and oxygen atoms in total. The lowest BCUT2D eigenvalue weighted by molar-refractivity contribution is -0.0592. The molecule has 0 amide bonds. The molecule has 0 saturated carbocycles. The van der Waals surface area contributed by atoms with Gasteiger partial charge >= 0.3 is 5.97 Å². The minimum Gasteiger partial charge on any atom is -0.473 e. The average molecular weight is 620 g/mol. The Morgan fingerprint density at radius 1 is 0.957 bits per heavy atom. The number of pyridine rings is 2. The minimum atomic E-state index is -0.553. The van der Waals surface area contributed by atoms with Gasteiger partial charge in [-0.1, -0.05) is 24.3 Å². The van der Waals surface area contributed by atoms with Gasteiger partial charge < -0.3 is 18.8 Å². The van der Waals surface area contributed by atoms with E-state index in [2.05, 4.69) is 26.6 Å². The van der Waals surface area contributed by atoms with Crippen LogP contribution in [0.2, 0.25) is 0 Å². The number of fused-ring (bicyclic) bond motifs is 2. The molecule has 7 rings (SSSR count). The summed E-state index contributed by atoms with van der Waals surface area (Å²) in [5, 5.41) is 1.10. The summed E-state index contributed by atoms with van der Waals surface area (Å²) in [5.74, 6) is 1.71. The maximum absolute atomic E-state index is 12.8. The maximum Gasteiger partial charge on any atom is 0.338 e. The molecule has 3 aromatic heterocycles. The molecule has 2 aromatic carbocycles. The van der Waals surface area contributed by atoms with Crippen LogP contribution < -0.4 is 4.74 Å². The van der Waals surface area contributed by atoms with Gasteiger partial charge in [0, 0.05) is 41.4 Å². The first-order valence-corrected chi connectivity index (χ1v) is 16.3. The van der Waals surface area contributed by atoms with E-state index in [9.17, 15) is 4.79 Å². The van der Waals surface area contributed by atoms with Gasteiger partial charge in [-0.2, -0.15) is 0 Å². The number of aromatic nitrogens is 4. The van der Waals surface area contributed by atoms with Gasteiger partial charge in [0.2, 0.25) is 5.88 Å². The van der Waals surface area contributed by atoms with E-state index in [0.717, 1.165) is 91.1 Å². The molecule has 238 valence electrons. The fourth-order valence-electron chi connectivity index (χ4n) is 6.35. The fraction of sp³-hybridized carbons (Fsp3) is 0.405. The number of hydrogen-bond acceptors (Lipinski definition) is 8. The van der Waals surface area contributed by atoms with E-state index in [4.69, 9.17) is 24.2 Å². The van der Waals surface area contributed by atoms with Crippen molar-refractivity contribution in [3.63, 3.8) is 0 Å². The molecule has 9 heteroatoms. The Labute approximate surface area is 269 Å². The fourth-order valence-corrected chi connectivity index (χ4v) is 6.35. The highest BCUT2D eigenvalue weighted by Crippen LogP contribution is 2.30. The third kappa shape index (κ3) is 6.76. The SMILES string of the molecule is CC(C)(C)OC(=O)c1ccc2nc(CN3CCC(c4cccc(OCc5ccnc6ccccc56)n4)CC3)n(C[C@@H]3CCO3)c2c1. The summed E-state index contributed by atoms with van der Waals surface area (Å²) < 4.78 is 19.9. The first-order valence-electron chi connectivity index (χ1n) is 16.3. The summed E-state index contributed by atoms with van der Waals surface area (Å²) in [6.07, 6.45) is 5.06. The predicted octanol–water partition coefficient (Wildman–Crippen LogP) is 6.68. The van der Waals surface area contributed by atoms with E-state index < -0.39 is 5.60 Å². The van der Waals surface area contributed by atoms with Crippen LogP contribution in [-0.2, 0) is 29.2 Å². The van der Waals surface area contributed by atoms with Crippen LogP contribution in [0.25, 0.3) is 21.9 Å². The second-order valence-electron chi connectivity index (χ2n) is 13.4. The number of para-hydroxylation sites is 1. The Kier molecular flexibility index (Phi) is 8.44. The number of likely N-dealkylation sites (tertiary alicyclic amines) is 1. The van der Waals surface area contributed by atoms with Crippen molar-refractivity contribution in [2.75, 3.05) is 19.7 Å². The van der Waals surface area contributed by atoms with Crippen LogP contribution in [0.4, 0.5) is 0 Å². The summed E-state index contributed by atoms with van der Waals surface area (Å²) >= 11 is 0. The van der Waals surface area contributed by atoms with Crippen molar-refractivity contribution in [2.24, 2.45) is 0 Å². The summed E-state index contributed by atoms with van der Waals surface area (Å²) in [5.41, 5.74) is 4.97. The molecule has 0 unspecified atom stereocenters. The Balaban J connectivity index is 1.02. The number of carbonyl (C=O) groups excluding carboxylic acids is 1. The van der Waals surface area contributed by atoms with Crippen molar-refractivity contribution < 1.29 is 19.0 Å². The van der Waals surface area contributed by atoms with Crippen LogP contribution in [-0.4, -0.2) is 61.8 Å². The number of esters is 1. The number of hydrogen-bond donors (Lipinski definition) is 0. The van der Waals surface area contributed by atoms with Gasteiger partial charge in [0.05, 0.1) is 41.3 Å². The molecule has 5 aromatic rings. The van der Waals surface area contributed by atoms with Crippen molar-refractivity contribution in [3.05, 3.63) is 95.6 Å². The Bertz CT molecular complexity index is 1850. The van der Waals surface area contributed by atoms with Crippen LogP contribution in [0.3, 0.4) is 0 Å². The third-order valence-corrected chi connectivity index (χ3v) is 8.87. The lowest BCUT2D eigenvalue weighted by Gasteiger charge is -2.32. The van der Waals surface area contributed by atoms with Crippen LogP contribution in [0, 0.1) is 0 Å². The van der Waals surface area contributed by atoms with Gasteiger partial charge in [-0.15, -0.1) is 0 Å². The molecule has 0 spiro atoms. The molecule has 2 saturated heterocycles. The van der Waals surface area contributed by atoms with E-state index in [1.807, 2.05) is 81.6 Å². The summed E-state index contributed by atoms with van der Waals surface area (Å²) in [4.78, 5) is 29.7. The topological polar surface area (TPSA) is 91.6 Å². The number of carbonyl (C=O) groups is 1. The molecule has 0 aliphatic carbocycles. The quantitative estimate of drug-likeness (QED) is 0.169. The first-order chi connectivity index (χ1) is 22.3. The van der Waals surface area contributed by atoms with Crippen LogP contribution in [0.5, 0.6) is 5.88 Å². The number of imidazole rings is 1. The van der Waals surface area contributed by atoms with Crippen LogP contribution in [0.1, 0.15) is 73.4 Å². The largest absolute Gasteiger partial charge is 0.473 e. The van der Waals surface area contributed by atoms with Gasteiger partial charge in [-0.05, 0) is 89.5 Å². The second-order valence-corrected chi connectivity index (χ2v) is 13.4. The zero-order valence-electron chi connectivity index (χ0n) is 26.8. The molecule has 1 atom stereocenters. The number of piperidine rings is 1. The van der Waals surface area contributed by atoms with Crippen molar-refractivity contribution >= 4 is 27.9 Å². The number of nitrogens with zero attached hydrogens (tertiary/aromatic N) is 5. The van der Waals surface area contributed by atoms with E-state index in [0.29, 0.717) is 24.0 Å². The molecule has 2 aliphatic heterocycles. The molecule has 2 aliphatic rings. The lowest BCUT2D eigenvalue weighted by atomic mass is 9.93. The summed E-state index contributed by atoms with van der Waals surface area (Å²) in [6, 6.07) is 21.9. The Morgan fingerprint density at radius 2 is 1.78 bits per heavy atom. The predicted molar refractivity (Wildman–Crippen MR) is 177 cm³/mol. The minimum absolute atomic E-state index is 0.171. The summed E-state index contributed by atoms with van der Waals surface area (Å²) in [6.45, 7) is 10.3. The molecule has 2 fully saturated rings. The van der Waals surface area contributed by atoms with Crippen molar-refractivity contribution in [1.29, 1.82) is 0 Å². The zero-order valence-corrected chi connectivity index (χ0v) is 26.8. The van der Waals surface area contributed by atoms with E-state index >= 15 is 0 Å². The molecule has 46 heavy (non-hydrogen) atoms. The maximum atomic E-state index is 12.8. The van der Waals surface area contributed by atoms with Gasteiger partial charge in [0.25, 0.3) is 0 Å². The highest BCUT2D eigenvalue weighted by molar-refractivity contribution is 5.94. The Morgan fingerprint density at radius 3 is 2.57 bits per heavy atom. The van der Waals surface area contributed by atoms with E-state index in [1.54, 1.807) is 0 Å². The van der Waals surface area contributed by atoms with Gasteiger partial charge in [-0.25, -0.2) is 14.8 Å². The van der Waals surface area contributed by atoms with Crippen molar-refractivity contribution in [1.82, 2.24) is 24.4 Å². The second kappa shape index (κ2) is 12.8. The van der Waals surface area contributed by atoms with Crippen LogP contribution in [0.15, 0.2) is 72.9 Å². The first kappa shape index (κ1) is 30.3. The average Bonchev–Trinajstić information content (AvgIpc) is 3.37. The molecular weight excluding hydrogens is 578 g/mol. The number of rotatable bonds is 9. The van der Waals surface area contributed by atoms with Gasteiger partial charge in [0.15, 0.2) is 0 Å². The number of benzene rings is 2. The third-order valence-electron chi connectivity index (χ3n) is 8.87. The van der Waals surface area contributed by atoms with Crippen molar-refractivity contribution in [3.8, 4) is 5.88 Å². The standard InChI is InChI=1S/C37H41N5O4/c1-37(2,3)46-36(43)26-11-12-32-33(21-26)42(22-28-16-20-44-28)34(39-32)23-41-18-14-25(15-19-41)30-9-6-10-35(40-30)45-24-27-13-17-38-31-8-5-4-7-29(27)31/h4-13,17,21,25,28H,14-16,18-20,22-24H2,1-3H3/t28-/m0/s1.